The normalized spacial score (nSPS) is 11.3. The van der Waals surface area contributed by atoms with Crippen molar-refractivity contribution in [1.82, 2.24) is 4.98 Å². The van der Waals surface area contributed by atoms with Gasteiger partial charge >= 0.3 is 6.18 Å². The Hall–Kier alpha value is -2.17. The van der Waals surface area contributed by atoms with Gasteiger partial charge in [0.05, 0.1) is 5.56 Å². The van der Waals surface area contributed by atoms with Gasteiger partial charge in [-0.1, -0.05) is 18.2 Å². The van der Waals surface area contributed by atoms with Crippen LogP contribution in [0.1, 0.15) is 21.5 Å². The van der Waals surface area contributed by atoms with E-state index in [0.717, 1.165) is 12.1 Å². The molecule has 0 radical (unpaired) electrons. The summed E-state index contributed by atoms with van der Waals surface area (Å²) >= 11 is 0. The van der Waals surface area contributed by atoms with Gasteiger partial charge < -0.3 is 0 Å². The van der Waals surface area contributed by atoms with Gasteiger partial charge in [-0.15, -0.1) is 0 Å². The number of nitrogens with zero attached hydrogens (tertiary/aromatic N) is 1. The highest BCUT2D eigenvalue weighted by atomic mass is 19.4. The third kappa shape index (κ3) is 2.40. The SMILES string of the molecule is O=C(c1cccnc1)c1ccccc1C(F)(F)F. The Bertz CT molecular complexity index is 564. The average molecular weight is 251 g/mol. The van der Waals surface area contributed by atoms with Crippen LogP contribution in [0.15, 0.2) is 48.8 Å². The average Bonchev–Trinajstić information content (AvgIpc) is 2.38. The molecule has 18 heavy (non-hydrogen) atoms. The Kier molecular flexibility index (Phi) is 3.14. The first-order valence-electron chi connectivity index (χ1n) is 5.11. The van der Waals surface area contributed by atoms with Gasteiger partial charge in [0, 0.05) is 23.5 Å². The maximum Gasteiger partial charge on any atom is 0.417 e. The van der Waals surface area contributed by atoms with Crippen LogP contribution in [0.2, 0.25) is 0 Å². The molecule has 0 amide bonds. The van der Waals surface area contributed by atoms with E-state index in [1.54, 1.807) is 0 Å². The van der Waals surface area contributed by atoms with E-state index in [-0.39, 0.29) is 11.1 Å². The van der Waals surface area contributed by atoms with Crippen molar-refractivity contribution in [2.75, 3.05) is 0 Å². The van der Waals surface area contributed by atoms with Crippen molar-refractivity contribution in [3.63, 3.8) is 0 Å². The lowest BCUT2D eigenvalue weighted by Crippen LogP contribution is -2.13. The van der Waals surface area contributed by atoms with Crippen LogP contribution < -0.4 is 0 Å². The smallest absolute Gasteiger partial charge is 0.289 e. The highest BCUT2D eigenvalue weighted by Crippen LogP contribution is 2.32. The molecule has 0 atom stereocenters. The van der Waals surface area contributed by atoms with E-state index in [4.69, 9.17) is 0 Å². The number of benzene rings is 1. The lowest BCUT2D eigenvalue weighted by molar-refractivity contribution is -0.137. The number of carbonyl (C=O) groups is 1. The van der Waals surface area contributed by atoms with Gasteiger partial charge in [-0.3, -0.25) is 9.78 Å². The number of halogens is 3. The van der Waals surface area contributed by atoms with Gasteiger partial charge in [-0.2, -0.15) is 13.2 Å². The quantitative estimate of drug-likeness (QED) is 0.766. The number of carbonyl (C=O) groups excluding carboxylic acids is 1. The standard InChI is InChI=1S/C13H8F3NO/c14-13(15,16)11-6-2-1-5-10(11)12(18)9-4-3-7-17-8-9/h1-8H. The first kappa shape index (κ1) is 12.3. The zero-order valence-corrected chi connectivity index (χ0v) is 9.11. The van der Waals surface area contributed by atoms with Crippen LogP contribution in [0.3, 0.4) is 0 Å². The topological polar surface area (TPSA) is 30.0 Å². The zero-order chi connectivity index (χ0) is 13.2. The summed E-state index contributed by atoms with van der Waals surface area (Å²) in [6, 6.07) is 7.65. The second-order valence-corrected chi connectivity index (χ2v) is 3.61. The molecule has 1 aromatic carbocycles. The Balaban J connectivity index is 2.50. The van der Waals surface area contributed by atoms with Crippen LogP contribution in [-0.2, 0) is 6.18 Å². The van der Waals surface area contributed by atoms with E-state index in [2.05, 4.69) is 4.98 Å². The maximum atomic E-state index is 12.8. The van der Waals surface area contributed by atoms with Gasteiger partial charge in [0.25, 0.3) is 0 Å². The number of alkyl halides is 3. The Labute approximate surface area is 101 Å². The van der Waals surface area contributed by atoms with Crippen molar-refractivity contribution < 1.29 is 18.0 Å². The fourth-order valence-corrected chi connectivity index (χ4v) is 1.58. The second kappa shape index (κ2) is 4.60. The van der Waals surface area contributed by atoms with Crippen LogP contribution in [0.5, 0.6) is 0 Å². The van der Waals surface area contributed by atoms with E-state index in [1.165, 1.54) is 36.7 Å². The predicted octanol–water partition coefficient (Wildman–Crippen LogP) is 3.33. The number of aromatic nitrogens is 1. The van der Waals surface area contributed by atoms with Crippen LogP contribution in [-0.4, -0.2) is 10.8 Å². The van der Waals surface area contributed by atoms with Gasteiger partial charge in [0.15, 0.2) is 5.78 Å². The predicted molar refractivity (Wildman–Crippen MR) is 59.1 cm³/mol. The van der Waals surface area contributed by atoms with Gasteiger partial charge in [0.1, 0.15) is 0 Å². The second-order valence-electron chi connectivity index (χ2n) is 3.61. The van der Waals surface area contributed by atoms with Crippen LogP contribution in [0.4, 0.5) is 13.2 Å². The maximum absolute atomic E-state index is 12.8. The summed E-state index contributed by atoms with van der Waals surface area (Å²) in [5, 5.41) is 0. The summed E-state index contributed by atoms with van der Waals surface area (Å²) in [4.78, 5) is 15.7. The number of rotatable bonds is 2. The molecule has 0 fully saturated rings. The minimum atomic E-state index is -4.55. The monoisotopic (exact) mass is 251 g/mol. The Morgan fingerprint density at radius 3 is 2.39 bits per heavy atom. The summed E-state index contributed by atoms with van der Waals surface area (Å²) in [6.07, 6.45) is -1.85. The number of hydrogen-bond donors (Lipinski definition) is 0. The molecule has 92 valence electrons. The van der Waals surface area contributed by atoms with Crippen LogP contribution in [0, 0.1) is 0 Å². The molecule has 0 spiro atoms. The highest BCUT2D eigenvalue weighted by Gasteiger charge is 2.34. The first-order chi connectivity index (χ1) is 8.50. The molecule has 0 N–H and O–H groups in total. The van der Waals surface area contributed by atoms with Crippen LogP contribution >= 0.6 is 0 Å². The van der Waals surface area contributed by atoms with E-state index < -0.39 is 17.5 Å². The van der Waals surface area contributed by atoms with E-state index in [0.29, 0.717) is 0 Å². The largest absolute Gasteiger partial charge is 0.417 e. The van der Waals surface area contributed by atoms with Crippen molar-refractivity contribution in [2.24, 2.45) is 0 Å². The summed E-state index contributed by atoms with van der Waals surface area (Å²) in [5.41, 5.74) is -1.16. The minimum Gasteiger partial charge on any atom is -0.289 e. The lowest BCUT2D eigenvalue weighted by Gasteiger charge is -2.11. The molecule has 0 saturated heterocycles. The van der Waals surface area contributed by atoms with E-state index in [1.807, 2.05) is 0 Å². The molecule has 0 unspecified atom stereocenters. The third-order valence-electron chi connectivity index (χ3n) is 2.40. The Morgan fingerprint density at radius 2 is 1.78 bits per heavy atom. The molecule has 2 rings (SSSR count). The molecule has 0 bridgehead atoms. The third-order valence-corrected chi connectivity index (χ3v) is 2.40. The van der Waals surface area contributed by atoms with Crippen molar-refractivity contribution in [2.45, 2.75) is 6.18 Å². The first-order valence-corrected chi connectivity index (χ1v) is 5.11. The van der Waals surface area contributed by atoms with Gasteiger partial charge in [-0.05, 0) is 18.2 Å². The van der Waals surface area contributed by atoms with Gasteiger partial charge in [-0.25, -0.2) is 0 Å². The van der Waals surface area contributed by atoms with Crippen molar-refractivity contribution in [3.05, 3.63) is 65.5 Å². The number of ketones is 1. The molecule has 2 nitrogen and oxygen atoms in total. The number of hydrogen-bond acceptors (Lipinski definition) is 2. The highest BCUT2D eigenvalue weighted by molar-refractivity contribution is 6.09. The van der Waals surface area contributed by atoms with Crippen LogP contribution in [0.25, 0.3) is 0 Å². The number of pyridine rings is 1. The van der Waals surface area contributed by atoms with Crippen molar-refractivity contribution in [1.29, 1.82) is 0 Å². The van der Waals surface area contributed by atoms with Gasteiger partial charge in [0.2, 0.25) is 0 Å². The molecule has 0 saturated carbocycles. The molecular weight excluding hydrogens is 243 g/mol. The molecule has 1 heterocycles. The lowest BCUT2D eigenvalue weighted by atomic mass is 9.99. The zero-order valence-electron chi connectivity index (χ0n) is 9.11. The molecular formula is C13H8F3NO. The van der Waals surface area contributed by atoms with Crippen molar-refractivity contribution in [3.8, 4) is 0 Å². The molecule has 1 aromatic heterocycles. The molecule has 0 aliphatic carbocycles. The summed E-state index contributed by atoms with van der Waals surface area (Å²) in [7, 11) is 0. The van der Waals surface area contributed by atoms with E-state index >= 15 is 0 Å². The molecule has 0 aliphatic rings. The summed E-state index contributed by atoms with van der Waals surface area (Å²) < 4.78 is 38.3. The Morgan fingerprint density at radius 1 is 1.06 bits per heavy atom. The minimum absolute atomic E-state index is 0.134. The van der Waals surface area contributed by atoms with Crippen molar-refractivity contribution >= 4 is 5.78 Å². The van der Waals surface area contributed by atoms with E-state index in [9.17, 15) is 18.0 Å². The fourth-order valence-electron chi connectivity index (χ4n) is 1.58. The summed E-state index contributed by atoms with van der Waals surface area (Å²) in [5.74, 6) is -0.684. The molecule has 5 heteroatoms. The molecule has 2 aromatic rings. The summed E-state index contributed by atoms with van der Waals surface area (Å²) in [6.45, 7) is 0. The molecule has 0 aliphatic heterocycles. The fraction of sp³-hybridized carbons (Fsp3) is 0.0769.